The first-order valence-electron chi connectivity index (χ1n) is 13.5. The van der Waals surface area contributed by atoms with Gasteiger partial charge in [0.25, 0.3) is 0 Å². The van der Waals surface area contributed by atoms with Crippen LogP contribution in [0.1, 0.15) is 65.9 Å². The monoisotopic (exact) mass is 556 g/mol. The fraction of sp³-hybridized carbons (Fsp3) is 0.400. The molecule has 0 N–H and O–H groups in total. The van der Waals surface area contributed by atoms with E-state index >= 15 is 0 Å². The quantitative estimate of drug-likeness (QED) is 0.188. The Bertz CT molecular complexity index is 1410. The third-order valence-corrected chi connectivity index (χ3v) is 12.5. The summed E-state index contributed by atoms with van der Waals surface area (Å²) in [6.45, 7) is 13.3. The Balaban J connectivity index is 1.48. The van der Waals surface area contributed by atoms with E-state index in [9.17, 15) is 14.3 Å². The number of nitrogens with zero attached hydrogens (tertiary/aromatic N) is 4. The van der Waals surface area contributed by atoms with Gasteiger partial charge in [-0.1, -0.05) is 20.8 Å². The van der Waals surface area contributed by atoms with Gasteiger partial charge in [-0.05, 0) is 25.1 Å². The second kappa shape index (κ2) is 11.5. The van der Waals surface area contributed by atoms with Crippen LogP contribution in [-0.2, 0) is 22.6 Å². The average molecular weight is 557 g/mol. The maximum absolute atomic E-state index is 12.8. The van der Waals surface area contributed by atoms with Crippen LogP contribution in [0.3, 0.4) is 0 Å². The number of hydrogen-bond donors (Lipinski definition) is 0. The number of amides is 2. The summed E-state index contributed by atoms with van der Waals surface area (Å²) in [5.41, 5.74) is 3.59. The van der Waals surface area contributed by atoms with Crippen LogP contribution in [0.2, 0.25) is 18.1 Å². The van der Waals surface area contributed by atoms with Crippen molar-refractivity contribution in [3.05, 3.63) is 77.2 Å². The van der Waals surface area contributed by atoms with Crippen LogP contribution in [0.5, 0.6) is 0 Å². The number of hydrogen-bond acceptors (Lipinski definition) is 6. The summed E-state index contributed by atoms with van der Waals surface area (Å²) in [6.07, 6.45) is 3.52. The van der Waals surface area contributed by atoms with E-state index in [4.69, 9.17) is 9.41 Å². The molecule has 0 saturated carbocycles. The summed E-state index contributed by atoms with van der Waals surface area (Å²) in [4.78, 5) is 36.1. The van der Waals surface area contributed by atoms with Crippen LogP contribution in [0.15, 0.2) is 59.7 Å². The number of carbonyl (C=O) groups excluding carboxylic acids is 2. The van der Waals surface area contributed by atoms with Gasteiger partial charge in [-0.25, -0.2) is 0 Å². The first-order valence-corrected chi connectivity index (χ1v) is 16.5. The fourth-order valence-corrected chi connectivity index (χ4v) is 6.03. The van der Waals surface area contributed by atoms with Crippen LogP contribution in [0.25, 0.3) is 11.3 Å². The van der Waals surface area contributed by atoms with Gasteiger partial charge in [-0.15, -0.1) is 0 Å². The summed E-state index contributed by atoms with van der Waals surface area (Å²) in [5.74, 6) is 0.216. The number of imide groups is 1. The molecule has 1 aromatic heterocycles. The summed E-state index contributed by atoms with van der Waals surface area (Å²) in [7, 11) is 0.641. The Hall–Kier alpha value is -3.50. The van der Waals surface area contributed by atoms with Crippen LogP contribution in [-0.4, -0.2) is 60.4 Å². The summed E-state index contributed by atoms with van der Waals surface area (Å²) < 4.78 is 19.6. The predicted octanol–water partition coefficient (Wildman–Crippen LogP) is 5.46. The molecule has 10 heteroatoms. The van der Waals surface area contributed by atoms with Gasteiger partial charge < -0.3 is 4.43 Å². The van der Waals surface area contributed by atoms with Crippen LogP contribution in [0.4, 0.5) is 0 Å². The molecule has 0 fully saturated rings. The number of rotatable bonds is 10. The molecular weight excluding hydrogens is 519 g/mol. The normalized spacial score (nSPS) is 15.4. The SMILES string of the molecule is CC(O[Si](C)(C)C(C)(C)C)c1nc(-c2ccc(CC(CN3C(=O)c4ccccc4C3=O)/N=C/B=O)cc2)cn1C. The number of fused-ring (bicyclic) bond motifs is 1. The van der Waals surface area contributed by atoms with Crippen molar-refractivity contribution in [2.45, 2.75) is 64.4 Å². The van der Waals surface area contributed by atoms with Crippen LogP contribution >= 0.6 is 0 Å². The molecule has 0 spiro atoms. The van der Waals surface area contributed by atoms with Gasteiger partial charge in [0, 0.05) is 0 Å². The van der Waals surface area contributed by atoms with Crippen molar-refractivity contribution in [1.82, 2.24) is 14.5 Å². The molecule has 0 aliphatic carbocycles. The molecule has 2 heterocycles. The van der Waals surface area contributed by atoms with E-state index < -0.39 is 14.4 Å². The van der Waals surface area contributed by atoms with Gasteiger partial charge >= 0.3 is 179 Å². The molecule has 8 nitrogen and oxygen atoms in total. The van der Waals surface area contributed by atoms with E-state index in [1.54, 1.807) is 24.3 Å². The zero-order valence-corrected chi connectivity index (χ0v) is 25.3. The Morgan fingerprint density at radius 3 is 2.20 bits per heavy atom. The molecule has 0 radical (unpaired) electrons. The van der Waals surface area contributed by atoms with E-state index in [-0.39, 0.29) is 29.5 Å². The van der Waals surface area contributed by atoms with Crippen LogP contribution in [0, 0.1) is 0 Å². The zero-order valence-electron chi connectivity index (χ0n) is 24.3. The number of carbonyl (C=O) groups is 2. The second-order valence-corrected chi connectivity index (χ2v) is 16.6. The fourth-order valence-electron chi connectivity index (χ4n) is 4.69. The van der Waals surface area contributed by atoms with Gasteiger partial charge in [-0.3, -0.25) is 0 Å². The molecule has 2 unspecified atom stereocenters. The molecule has 2 atom stereocenters. The van der Waals surface area contributed by atoms with E-state index in [0.29, 0.717) is 24.7 Å². The van der Waals surface area contributed by atoms with Crippen LogP contribution < -0.4 is 0 Å². The zero-order chi connectivity index (χ0) is 29.2. The number of aliphatic imine (C=N–C) groups is 1. The molecule has 208 valence electrons. The van der Waals surface area contributed by atoms with Crippen molar-refractivity contribution in [2.75, 3.05) is 6.54 Å². The molecule has 2 aromatic carbocycles. The Morgan fingerprint density at radius 2 is 1.65 bits per heavy atom. The van der Waals surface area contributed by atoms with Gasteiger partial charge in [0.05, 0.1) is 0 Å². The van der Waals surface area contributed by atoms with Crippen molar-refractivity contribution in [3.8, 4) is 11.3 Å². The number of aromatic nitrogens is 2. The summed E-state index contributed by atoms with van der Waals surface area (Å²) in [5, 5.41) is 0.109. The average Bonchev–Trinajstić information content (AvgIpc) is 3.40. The summed E-state index contributed by atoms with van der Waals surface area (Å²) in [6, 6.07) is 14.3. The first kappa shape index (κ1) is 29.5. The second-order valence-electron chi connectivity index (χ2n) is 11.9. The number of imidazole rings is 1. The van der Waals surface area contributed by atoms with Crippen molar-refractivity contribution in [2.24, 2.45) is 12.0 Å². The third-order valence-electron chi connectivity index (χ3n) is 7.90. The van der Waals surface area contributed by atoms with E-state index in [2.05, 4.69) is 45.8 Å². The first-order chi connectivity index (χ1) is 18.8. The minimum absolute atomic E-state index is 0.0914. The van der Waals surface area contributed by atoms with Crippen molar-refractivity contribution in [1.29, 1.82) is 0 Å². The molecule has 1 aliphatic heterocycles. The van der Waals surface area contributed by atoms with Gasteiger partial charge in [0.2, 0.25) is 0 Å². The predicted molar refractivity (Wildman–Crippen MR) is 160 cm³/mol. The van der Waals surface area contributed by atoms with Crippen molar-refractivity contribution < 1.29 is 18.7 Å². The Morgan fingerprint density at radius 1 is 1.05 bits per heavy atom. The molecular formula is C30H37BN4O4Si. The number of aryl methyl sites for hydroxylation is 1. The minimum atomic E-state index is -1.95. The van der Waals surface area contributed by atoms with Crippen molar-refractivity contribution in [3.63, 3.8) is 0 Å². The Labute approximate surface area is 237 Å². The van der Waals surface area contributed by atoms with Gasteiger partial charge in [0.15, 0.2) is 8.32 Å². The maximum atomic E-state index is 12.8. The van der Waals surface area contributed by atoms with E-state index in [0.717, 1.165) is 22.6 Å². The molecule has 2 amide bonds. The summed E-state index contributed by atoms with van der Waals surface area (Å²) >= 11 is 0. The van der Waals surface area contributed by atoms with E-state index in [1.807, 2.05) is 42.1 Å². The third kappa shape index (κ3) is 6.13. The Kier molecular flexibility index (Phi) is 8.51. The standard InChI is InChI=1S/C30H37BN4O4Si/c1-20(39-40(6,7)30(2,3)4)27-33-26(18-34(27)5)22-14-12-21(13-15-22)16-23(32-19-31-38)17-35-28(36)24-10-8-9-11-25(24)29(35)37/h8-15,18-20,23H,16-17H2,1-7H3/b32-19+. The van der Waals surface area contributed by atoms with Gasteiger partial charge in [-0.2, -0.15) is 0 Å². The van der Waals surface area contributed by atoms with E-state index in [1.165, 1.54) is 11.0 Å². The molecule has 4 rings (SSSR count). The molecule has 40 heavy (non-hydrogen) atoms. The molecule has 0 saturated heterocycles. The molecule has 1 aliphatic rings. The number of benzene rings is 2. The van der Waals surface area contributed by atoms with Gasteiger partial charge in [0.1, 0.15) is 0 Å². The van der Waals surface area contributed by atoms with Crippen molar-refractivity contribution >= 4 is 33.4 Å². The molecule has 3 aromatic rings. The topological polar surface area (TPSA) is 93.9 Å². The molecule has 0 bridgehead atoms.